The second-order valence-electron chi connectivity index (χ2n) is 19.2. The molecule has 4 heterocycles. The van der Waals surface area contributed by atoms with Crippen LogP contribution in [0.5, 0.6) is 0 Å². The molecule has 4 aliphatic heterocycles. The molecular weight excluding hydrogens is 670 g/mol. The van der Waals surface area contributed by atoms with Crippen LogP contribution in [0.2, 0.25) is 0 Å². The third-order valence-corrected chi connectivity index (χ3v) is 16.8. The molecule has 4 aliphatic carbocycles. The predicted molar refractivity (Wildman–Crippen MR) is 188 cm³/mol. The van der Waals surface area contributed by atoms with E-state index in [-0.39, 0.29) is 17.2 Å². The summed E-state index contributed by atoms with van der Waals surface area (Å²) >= 11 is 0. The van der Waals surface area contributed by atoms with Crippen molar-refractivity contribution in [2.24, 2.45) is 58.2 Å². The topological polar surface area (TPSA) is 180 Å². The van der Waals surface area contributed by atoms with Crippen LogP contribution in [-0.2, 0) is 23.7 Å². The first-order valence-electron chi connectivity index (χ1n) is 20.7. The zero-order chi connectivity index (χ0) is 36.9. The molecule has 0 unspecified atom stereocenters. The third kappa shape index (κ3) is 5.99. The molecule has 0 aromatic rings. The van der Waals surface area contributed by atoms with Gasteiger partial charge in [0.1, 0.15) is 36.2 Å². The van der Waals surface area contributed by atoms with Gasteiger partial charge in [-0.15, -0.1) is 0 Å². The summed E-state index contributed by atoms with van der Waals surface area (Å²) in [6.45, 7) is 11.7. The van der Waals surface area contributed by atoms with Gasteiger partial charge >= 0.3 is 0 Å². The van der Waals surface area contributed by atoms with E-state index in [4.69, 9.17) is 23.7 Å². The SMILES string of the molecule is C[C@H]1CC[C@]2(NC1)O[C@H]1C[C@H]3[C@@H]4CC[C@H]5C[C@@H](O[C@@H]6O[C@H](CO)[C@H](O[C@H]7O[C@H](CO)[C@@H](C)[C@H](O)[C@H]7O)[C@H](O)[C@H]6O)CC[C@]5(C)[C@H]4CC[C@]3(C)[C@H]1[C@@H]2C. The molecule has 22 atom stereocenters. The fourth-order valence-electron chi connectivity index (χ4n) is 13.6. The van der Waals surface area contributed by atoms with Gasteiger partial charge in [-0.2, -0.15) is 0 Å². The number of fused-ring (bicyclic) bond motifs is 7. The average molecular weight is 738 g/mol. The van der Waals surface area contributed by atoms with Gasteiger partial charge in [0.15, 0.2) is 12.6 Å². The number of hydrogen-bond donors (Lipinski definition) is 7. The van der Waals surface area contributed by atoms with Gasteiger partial charge in [-0.1, -0.05) is 34.6 Å². The van der Waals surface area contributed by atoms with E-state index in [0.717, 1.165) is 44.6 Å². The van der Waals surface area contributed by atoms with Gasteiger partial charge in [0.05, 0.1) is 37.6 Å². The number of piperidine rings is 1. The molecule has 8 aliphatic rings. The Morgan fingerprint density at radius 3 is 2.12 bits per heavy atom. The lowest BCUT2D eigenvalue weighted by Crippen LogP contribution is -2.64. The molecule has 0 amide bonds. The molecular formula is C40H67NO11. The molecule has 0 radical (unpaired) electrons. The maximum absolute atomic E-state index is 11.2. The van der Waals surface area contributed by atoms with E-state index in [2.05, 4.69) is 33.0 Å². The summed E-state index contributed by atoms with van der Waals surface area (Å²) in [5.74, 6) is 3.92. The van der Waals surface area contributed by atoms with Gasteiger partial charge in [0.25, 0.3) is 0 Å². The molecule has 52 heavy (non-hydrogen) atoms. The largest absolute Gasteiger partial charge is 0.394 e. The Labute approximate surface area is 309 Å². The van der Waals surface area contributed by atoms with Gasteiger partial charge in [0.2, 0.25) is 0 Å². The summed E-state index contributed by atoms with van der Waals surface area (Å²) in [5.41, 5.74) is 0.414. The Morgan fingerprint density at radius 1 is 0.712 bits per heavy atom. The second-order valence-corrected chi connectivity index (χ2v) is 19.2. The molecule has 4 saturated heterocycles. The highest BCUT2D eigenvalue weighted by atomic mass is 16.7. The summed E-state index contributed by atoms with van der Waals surface area (Å²) in [6.07, 6.45) is 0.0942. The van der Waals surface area contributed by atoms with Crippen molar-refractivity contribution in [3.63, 3.8) is 0 Å². The molecule has 0 aromatic carbocycles. The van der Waals surface area contributed by atoms with E-state index < -0.39 is 74.4 Å². The van der Waals surface area contributed by atoms with Crippen molar-refractivity contribution in [1.82, 2.24) is 5.32 Å². The van der Waals surface area contributed by atoms with E-state index in [1.165, 1.54) is 32.1 Å². The Kier molecular flexibility index (Phi) is 10.5. The fraction of sp³-hybridized carbons (Fsp3) is 1.00. The first-order valence-corrected chi connectivity index (χ1v) is 20.7. The van der Waals surface area contributed by atoms with Gasteiger partial charge in [-0.25, -0.2) is 0 Å². The lowest BCUT2D eigenvalue weighted by atomic mass is 9.44. The smallest absolute Gasteiger partial charge is 0.187 e. The van der Waals surface area contributed by atoms with Crippen molar-refractivity contribution in [2.45, 2.75) is 172 Å². The average Bonchev–Trinajstić information content (AvgIpc) is 3.58. The van der Waals surface area contributed by atoms with Gasteiger partial charge in [-0.3, -0.25) is 5.32 Å². The van der Waals surface area contributed by atoms with Crippen LogP contribution in [0.1, 0.15) is 98.8 Å². The first-order chi connectivity index (χ1) is 24.7. The Bertz CT molecular complexity index is 1260. The second kappa shape index (κ2) is 14.2. The third-order valence-electron chi connectivity index (χ3n) is 16.8. The van der Waals surface area contributed by atoms with E-state index in [1.54, 1.807) is 6.92 Å². The minimum atomic E-state index is -1.51. The molecule has 12 heteroatoms. The summed E-state index contributed by atoms with van der Waals surface area (Å²) in [4.78, 5) is 0. The standard InChI is InChI=1S/C40H67NO11/c1-19-8-13-40(41-16-19)21(3)30-27(52-40)15-26-24-7-6-22-14-23(9-11-38(22,4)25(24)10-12-39(26,30)5)48-36-34(47)32(45)35(29(18-43)50-36)51-37-33(46)31(44)20(2)28(17-42)49-37/h19-37,41-47H,6-18H2,1-5H3/t19-,20+,21-,22-,23-,24+,25-,26-,27-,28+,29+,30-,31-,32+,33+,34+,35-,36+,37+,38-,39-,40-/m0/s1. The number of hydrogen-bond acceptors (Lipinski definition) is 12. The van der Waals surface area contributed by atoms with Crippen LogP contribution in [0.3, 0.4) is 0 Å². The first kappa shape index (κ1) is 38.4. The molecule has 4 saturated carbocycles. The Morgan fingerprint density at radius 2 is 1.40 bits per heavy atom. The van der Waals surface area contributed by atoms with E-state index >= 15 is 0 Å². The van der Waals surface area contributed by atoms with Gasteiger partial charge < -0.3 is 54.3 Å². The van der Waals surface area contributed by atoms with Gasteiger partial charge in [0, 0.05) is 18.4 Å². The van der Waals surface area contributed by atoms with Crippen molar-refractivity contribution < 1.29 is 54.3 Å². The van der Waals surface area contributed by atoms with Crippen LogP contribution in [0.15, 0.2) is 0 Å². The van der Waals surface area contributed by atoms with Crippen LogP contribution < -0.4 is 5.32 Å². The molecule has 0 bridgehead atoms. The Balaban J connectivity index is 0.892. The summed E-state index contributed by atoms with van der Waals surface area (Å²) < 4.78 is 31.1. The summed E-state index contributed by atoms with van der Waals surface area (Å²) in [7, 11) is 0. The number of ether oxygens (including phenoxy) is 5. The molecule has 7 N–H and O–H groups in total. The number of aliphatic hydroxyl groups is 6. The monoisotopic (exact) mass is 737 g/mol. The zero-order valence-electron chi connectivity index (χ0n) is 31.9. The zero-order valence-corrected chi connectivity index (χ0v) is 31.9. The fourth-order valence-corrected chi connectivity index (χ4v) is 13.6. The van der Waals surface area contributed by atoms with Crippen molar-refractivity contribution in [3.05, 3.63) is 0 Å². The summed E-state index contributed by atoms with van der Waals surface area (Å²) in [6, 6.07) is 0. The van der Waals surface area contributed by atoms with Crippen LogP contribution in [0.25, 0.3) is 0 Å². The number of nitrogens with one attached hydrogen (secondary N) is 1. The Hall–Kier alpha value is -0.480. The molecule has 8 rings (SSSR count). The van der Waals surface area contributed by atoms with Crippen LogP contribution in [-0.4, -0.2) is 124 Å². The number of aliphatic hydroxyl groups excluding tert-OH is 6. The maximum atomic E-state index is 11.2. The minimum absolute atomic E-state index is 0.135. The summed E-state index contributed by atoms with van der Waals surface area (Å²) in [5, 5.41) is 67.3. The molecule has 1 spiro atoms. The highest BCUT2D eigenvalue weighted by molar-refractivity contribution is 5.16. The molecule has 8 fully saturated rings. The quantitative estimate of drug-likeness (QED) is 0.198. The van der Waals surface area contributed by atoms with Crippen LogP contribution in [0.4, 0.5) is 0 Å². The van der Waals surface area contributed by atoms with E-state index in [1.807, 2.05) is 0 Å². The van der Waals surface area contributed by atoms with Crippen molar-refractivity contribution in [3.8, 4) is 0 Å². The minimum Gasteiger partial charge on any atom is -0.394 e. The lowest BCUT2D eigenvalue weighted by Gasteiger charge is -2.61. The van der Waals surface area contributed by atoms with Crippen LogP contribution >= 0.6 is 0 Å². The predicted octanol–water partition coefficient (Wildman–Crippen LogP) is 2.29. The van der Waals surface area contributed by atoms with Crippen molar-refractivity contribution >= 4 is 0 Å². The normalized spacial score (nSPS) is 59.0. The molecule has 12 nitrogen and oxygen atoms in total. The van der Waals surface area contributed by atoms with Crippen molar-refractivity contribution in [1.29, 1.82) is 0 Å². The highest BCUT2D eigenvalue weighted by Crippen LogP contribution is 2.71. The van der Waals surface area contributed by atoms with Crippen molar-refractivity contribution in [2.75, 3.05) is 19.8 Å². The molecule has 298 valence electrons. The molecule has 0 aromatic heterocycles. The maximum Gasteiger partial charge on any atom is 0.187 e. The number of rotatable bonds is 6. The van der Waals surface area contributed by atoms with E-state index in [0.29, 0.717) is 47.0 Å². The van der Waals surface area contributed by atoms with Crippen LogP contribution in [0, 0.1) is 58.2 Å². The lowest BCUT2D eigenvalue weighted by molar-refractivity contribution is -0.361. The highest BCUT2D eigenvalue weighted by Gasteiger charge is 2.68. The van der Waals surface area contributed by atoms with Gasteiger partial charge in [-0.05, 0) is 111 Å². The van der Waals surface area contributed by atoms with E-state index in [9.17, 15) is 30.6 Å².